The van der Waals surface area contributed by atoms with Gasteiger partial charge in [-0.05, 0) is 38.5 Å². The summed E-state index contributed by atoms with van der Waals surface area (Å²) in [7, 11) is 0. The van der Waals surface area contributed by atoms with Gasteiger partial charge in [0.1, 0.15) is 0 Å². The Morgan fingerprint density at radius 1 is 1.06 bits per heavy atom. The van der Waals surface area contributed by atoms with Crippen LogP contribution in [-0.2, 0) is 0 Å². The highest BCUT2D eigenvalue weighted by atomic mass is 15.6. The lowest BCUT2D eigenvalue weighted by atomic mass is 9.81. The van der Waals surface area contributed by atoms with E-state index < -0.39 is 0 Å². The Hall–Kier alpha value is -0.0400. The maximum atomic E-state index is 2.74. The molecule has 1 nitrogen and oxygen atoms in total. The van der Waals surface area contributed by atoms with Crippen molar-refractivity contribution in [3.05, 3.63) is 0 Å². The van der Waals surface area contributed by atoms with Crippen molar-refractivity contribution in [3.63, 3.8) is 0 Å². The van der Waals surface area contributed by atoms with Gasteiger partial charge in [-0.1, -0.05) is 40.5 Å². The standard InChI is InChI=1S/C15H29N/c1-7-14(5)13-15(6,16(13)14)10-12(4)9-8-11(2)3/h11-13H,7-10H2,1-6H3. The van der Waals surface area contributed by atoms with Crippen molar-refractivity contribution in [2.24, 2.45) is 11.8 Å². The van der Waals surface area contributed by atoms with Crippen LogP contribution in [-0.4, -0.2) is 22.0 Å². The lowest BCUT2D eigenvalue weighted by molar-refractivity contribution is 0.243. The van der Waals surface area contributed by atoms with Crippen molar-refractivity contribution in [1.29, 1.82) is 0 Å². The van der Waals surface area contributed by atoms with E-state index in [4.69, 9.17) is 0 Å². The second kappa shape index (κ2) is 3.73. The van der Waals surface area contributed by atoms with Crippen LogP contribution in [0.1, 0.15) is 67.2 Å². The third-order valence-electron chi connectivity index (χ3n) is 5.12. The van der Waals surface area contributed by atoms with Crippen molar-refractivity contribution in [2.75, 3.05) is 0 Å². The van der Waals surface area contributed by atoms with Crippen molar-refractivity contribution in [1.82, 2.24) is 4.90 Å². The lowest BCUT2D eigenvalue weighted by Gasteiger charge is -2.30. The molecule has 0 aliphatic carbocycles. The molecule has 0 N–H and O–H groups in total. The van der Waals surface area contributed by atoms with Crippen molar-refractivity contribution < 1.29 is 0 Å². The highest BCUT2D eigenvalue weighted by molar-refractivity contribution is 5.41. The van der Waals surface area contributed by atoms with Gasteiger partial charge in [0.2, 0.25) is 0 Å². The summed E-state index contributed by atoms with van der Waals surface area (Å²) < 4.78 is 0. The van der Waals surface area contributed by atoms with Gasteiger partial charge in [-0.25, -0.2) is 0 Å². The zero-order valence-electron chi connectivity index (χ0n) is 12.0. The minimum absolute atomic E-state index is 0.584. The summed E-state index contributed by atoms with van der Waals surface area (Å²) >= 11 is 0. The fourth-order valence-corrected chi connectivity index (χ4v) is 4.04. The fourth-order valence-electron chi connectivity index (χ4n) is 4.04. The summed E-state index contributed by atoms with van der Waals surface area (Å²) in [5, 5.41) is 0. The molecule has 2 fully saturated rings. The van der Waals surface area contributed by atoms with E-state index in [0.717, 1.165) is 17.9 Å². The third-order valence-corrected chi connectivity index (χ3v) is 5.12. The molecule has 0 spiro atoms. The molecule has 0 saturated carbocycles. The molecule has 94 valence electrons. The lowest BCUT2D eigenvalue weighted by Crippen LogP contribution is -2.38. The fraction of sp³-hybridized carbons (Fsp3) is 1.00. The van der Waals surface area contributed by atoms with Crippen LogP contribution in [0.4, 0.5) is 0 Å². The van der Waals surface area contributed by atoms with Gasteiger partial charge in [0.15, 0.2) is 0 Å². The van der Waals surface area contributed by atoms with Crippen LogP contribution in [0, 0.1) is 11.8 Å². The molecule has 2 aliphatic rings. The van der Waals surface area contributed by atoms with E-state index in [1.165, 1.54) is 25.7 Å². The molecule has 5 unspecified atom stereocenters. The van der Waals surface area contributed by atoms with Crippen LogP contribution in [0.15, 0.2) is 0 Å². The molecular formula is C15H29N. The predicted molar refractivity (Wildman–Crippen MR) is 70.6 cm³/mol. The number of rotatable bonds is 6. The molecule has 2 rings (SSSR count). The topological polar surface area (TPSA) is 3.01 Å². The van der Waals surface area contributed by atoms with Gasteiger partial charge in [-0.15, -0.1) is 0 Å². The smallest absolute Gasteiger partial charge is 0.0471 e. The monoisotopic (exact) mass is 223 g/mol. The first-order valence-electron chi connectivity index (χ1n) is 7.15. The Kier molecular flexibility index (Phi) is 2.89. The zero-order chi connectivity index (χ0) is 12.1. The van der Waals surface area contributed by atoms with Crippen LogP contribution in [0.25, 0.3) is 0 Å². The molecule has 2 saturated heterocycles. The zero-order valence-corrected chi connectivity index (χ0v) is 12.0. The van der Waals surface area contributed by atoms with E-state index in [1.54, 1.807) is 0 Å². The van der Waals surface area contributed by atoms with Crippen molar-refractivity contribution >= 4 is 0 Å². The second-order valence-electron chi connectivity index (χ2n) is 7.12. The maximum absolute atomic E-state index is 2.74. The highest BCUT2D eigenvalue weighted by Gasteiger charge is 2.84. The first-order chi connectivity index (χ1) is 7.36. The molecule has 0 radical (unpaired) electrons. The Labute approximate surface area is 102 Å². The first-order valence-corrected chi connectivity index (χ1v) is 7.15. The molecule has 0 aromatic carbocycles. The van der Waals surface area contributed by atoms with E-state index in [9.17, 15) is 0 Å². The molecule has 0 bridgehead atoms. The predicted octanol–water partition coefficient (Wildman–Crippen LogP) is 4.07. The molecule has 0 aromatic rings. The van der Waals surface area contributed by atoms with Crippen molar-refractivity contribution in [2.45, 2.75) is 84.3 Å². The van der Waals surface area contributed by atoms with Gasteiger partial charge in [0.05, 0.1) is 0 Å². The SMILES string of the molecule is CCC1(C)C2N1C2(C)CC(C)CCC(C)C. The molecule has 5 atom stereocenters. The molecule has 2 aliphatic heterocycles. The van der Waals surface area contributed by atoms with E-state index in [0.29, 0.717) is 11.1 Å². The summed E-state index contributed by atoms with van der Waals surface area (Å²) in [6, 6.07) is 0.923. The van der Waals surface area contributed by atoms with Crippen LogP contribution < -0.4 is 0 Å². The van der Waals surface area contributed by atoms with Crippen LogP contribution in [0.2, 0.25) is 0 Å². The minimum Gasteiger partial charge on any atom is -0.283 e. The normalized spacial score (nSPS) is 46.7. The average molecular weight is 223 g/mol. The Bertz CT molecular complexity index is 259. The number of nitrogens with zero attached hydrogens (tertiary/aromatic N) is 1. The number of hydrogen-bond donors (Lipinski definition) is 0. The maximum Gasteiger partial charge on any atom is 0.0471 e. The van der Waals surface area contributed by atoms with Crippen LogP contribution >= 0.6 is 0 Å². The Morgan fingerprint density at radius 3 is 2.06 bits per heavy atom. The van der Waals surface area contributed by atoms with Gasteiger partial charge in [0.25, 0.3) is 0 Å². The van der Waals surface area contributed by atoms with Gasteiger partial charge in [0, 0.05) is 17.1 Å². The number of hydrogen-bond acceptors (Lipinski definition) is 1. The van der Waals surface area contributed by atoms with Gasteiger partial charge in [-0.3, -0.25) is 4.90 Å². The molecule has 2 heterocycles. The van der Waals surface area contributed by atoms with Crippen LogP contribution in [0.5, 0.6) is 0 Å². The van der Waals surface area contributed by atoms with E-state index in [-0.39, 0.29) is 0 Å². The third kappa shape index (κ3) is 1.72. The number of fused-ring (bicyclic) bond motifs is 1. The molecule has 16 heavy (non-hydrogen) atoms. The second-order valence-corrected chi connectivity index (χ2v) is 7.12. The quantitative estimate of drug-likeness (QED) is 0.613. The Morgan fingerprint density at radius 2 is 1.62 bits per heavy atom. The van der Waals surface area contributed by atoms with Crippen LogP contribution in [0.3, 0.4) is 0 Å². The largest absolute Gasteiger partial charge is 0.283 e. The summed E-state index contributed by atoms with van der Waals surface area (Å²) in [5.74, 6) is 1.77. The summed E-state index contributed by atoms with van der Waals surface area (Å²) in [5.41, 5.74) is 1.17. The van der Waals surface area contributed by atoms with Gasteiger partial charge < -0.3 is 0 Å². The van der Waals surface area contributed by atoms with E-state index in [1.807, 2.05) is 0 Å². The van der Waals surface area contributed by atoms with Crippen molar-refractivity contribution in [3.8, 4) is 0 Å². The Balaban J connectivity index is 1.73. The summed E-state index contributed by atoms with van der Waals surface area (Å²) in [6.45, 7) is 14.3. The highest BCUT2D eigenvalue weighted by Crippen LogP contribution is 2.71. The van der Waals surface area contributed by atoms with E-state index in [2.05, 4.69) is 46.4 Å². The average Bonchev–Trinajstić information content (AvgIpc) is 3.03. The van der Waals surface area contributed by atoms with Gasteiger partial charge in [-0.2, -0.15) is 0 Å². The molecular weight excluding hydrogens is 194 g/mol. The van der Waals surface area contributed by atoms with Gasteiger partial charge >= 0.3 is 0 Å². The molecule has 0 amide bonds. The minimum atomic E-state index is 0.584. The molecule has 1 heteroatoms. The first kappa shape index (κ1) is 12.4. The summed E-state index contributed by atoms with van der Waals surface area (Å²) in [6.07, 6.45) is 5.55. The molecule has 0 aromatic heterocycles. The van der Waals surface area contributed by atoms with E-state index >= 15 is 0 Å². The summed E-state index contributed by atoms with van der Waals surface area (Å²) in [4.78, 5) is 2.74.